The van der Waals surface area contributed by atoms with Crippen LogP contribution in [0, 0.1) is 6.92 Å². The Bertz CT molecular complexity index is 603. The van der Waals surface area contributed by atoms with Gasteiger partial charge in [0.2, 0.25) is 0 Å². The maximum Gasteiger partial charge on any atom is 0.161 e. The van der Waals surface area contributed by atoms with E-state index in [0.717, 1.165) is 36.3 Å². The second-order valence-corrected chi connectivity index (χ2v) is 6.74. The molecule has 1 aromatic heterocycles. The Morgan fingerprint density at radius 2 is 1.76 bits per heavy atom. The number of aromatic nitrogens is 2. The standard InChI is InChI=1S/C18H26N2O/c1-6-7-8-15-16(21)17(18(3,4)5)20(19-15)14-11-9-13(2)10-12-14/h9-12,21H,6-8H2,1-5H3. The van der Waals surface area contributed by atoms with Crippen molar-refractivity contribution in [2.24, 2.45) is 0 Å². The summed E-state index contributed by atoms with van der Waals surface area (Å²) < 4.78 is 1.90. The number of aromatic hydroxyl groups is 1. The van der Waals surface area contributed by atoms with Crippen LogP contribution < -0.4 is 0 Å². The number of unbranched alkanes of at least 4 members (excludes halogenated alkanes) is 1. The minimum Gasteiger partial charge on any atom is -0.504 e. The van der Waals surface area contributed by atoms with Crippen molar-refractivity contribution in [1.29, 1.82) is 0 Å². The highest BCUT2D eigenvalue weighted by atomic mass is 16.3. The normalized spacial score (nSPS) is 11.9. The quantitative estimate of drug-likeness (QED) is 0.897. The van der Waals surface area contributed by atoms with Crippen LogP contribution in [0.2, 0.25) is 0 Å². The number of aryl methyl sites for hydroxylation is 2. The molecule has 1 N–H and O–H groups in total. The van der Waals surface area contributed by atoms with Gasteiger partial charge in [0, 0.05) is 5.41 Å². The number of nitrogens with zero attached hydrogens (tertiary/aromatic N) is 2. The summed E-state index contributed by atoms with van der Waals surface area (Å²) in [6, 6.07) is 8.26. The van der Waals surface area contributed by atoms with Crippen LogP contribution in [0.1, 0.15) is 57.5 Å². The smallest absolute Gasteiger partial charge is 0.161 e. The third-order valence-corrected chi connectivity index (χ3v) is 3.69. The molecule has 0 aliphatic heterocycles. The molecule has 0 unspecified atom stereocenters. The lowest BCUT2D eigenvalue weighted by Crippen LogP contribution is -2.17. The van der Waals surface area contributed by atoms with Gasteiger partial charge in [0.15, 0.2) is 5.75 Å². The first kappa shape index (κ1) is 15.6. The maximum atomic E-state index is 10.6. The Labute approximate surface area is 127 Å². The highest BCUT2D eigenvalue weighted by Gasteiger charge is 2.27. The molecule has 0 bridgehead atoms. The molecule has 3 nitrogen and oxygen atoms in total. The zero-order chi connectivity index (χ0) is 15.6. The Morgan fingerprint density at radius 3 is 2.29 bits per heavy atom. The largest absolute Gasteiger partial charge is 0.504 e. The first-order chi connectivity index (χ1) is 9.84. The zero-order valence-corrected chi connectivity index (χ0v) is 13.8. The van der Waals surface area contributed by atoms with Crippen molar-refractivity contribution in [2.45, 2.75) is 59.3 Å². The fraction of sp³-hybridized carbons (Fsp3) is 0.500. The van der Waals surface area contributed by atoms with Crippen molar-refractivity contribution in [1.82, 2.24) is 9.78 Å². The molecule has 0 aliphatic carbocycles. The van der Waals surface area contributed by atoms with E-state index in [-0.39, 0.29) is 5.41 Å². The summed E-state index contributed by atoms with van der Waals surface area (Å²) >= 11 is 0. The molecule has 1 heterocycles. The second kappa shape index (κ2) is 5.92. The minimum absolute atomic E-state index is 0.160. The van der Waals surface area contributed by atoms with Crippen LogP contribution in [0.4, 0.5) is 0 Å². The van der Waals surface area contributed by atoms with Gasteiger partial charge >= 0.3 is 0 Å². The molecule has 0 atom stereocenters. The van der Waals surface area contributed by atoms with Gasteiger partial charge in [-0.2, -0.15) is 5.10 Å². The van der Waals surface area contributed by atoms with E-state index in [0.29, 0.717) is 5.75 Å². The van der Waals surface area contributed by atoms with Gasteiger partial charge in [0.05, 0.1) is 11.4 Å². The van der Waals surface area contributed by atoms with E-state index in [1.807, 2.05) is 4.68 Å². The number of benzene rings is 1. The molecule has 0 aliphatic rings. The maximum absolute atomic E-state index is 10.6. The van der Waals surface area contributed by atoms with E-state index in [1.165, 1.54) is 5.56 Å². The van der Waals surface area contributed by atoms with Gasteiger partial charge in [-0.05, 0) is 31.9 Å². The van der Waals surface area contributed by atoms with Gasteiger partial charge in [0.25, 0.3) is 0 Å². The van der Waals surface area contributed by atoms with Crippen molar-refractivity contribution in [3.63, 3.8) is 0 Å². The highest BCUT2D eigenvalue weighted by molar-refractivity contribution is 5.44. The Balaban J connectivity index is 2.55. The highest BCUT2D eigenvalue weighted by Crippen LogP contribution is 2.35. The van der Waals surface area contributed by atoms with Crippen molar-refractivity contribution in [3.05, 3.63) is 41.2 Å². The molecule has 2 rings (SSSR count). The minimum atomic E-state index is -0.160. The van der Waals surface area contributed by atoms with Gasteiger partial charge in [-0.3, -0.25) is 0 Å². The molecule has 0 saturated heterocycles. The van der Waals surface area contributed by atoms with Gasteiger partial charge in [-0.15, -0.1) is 0 Å². The fourth-order valence-corrected chi connectivity index (χ4v) is 2.51. The average Bonchev–Trinajstić information content (AvgIpc) is 2.74. The van der Waals surface area contributed by atoms with E-state index < -0.39 is 0 Å². The number of rotatable bonds is 4. The molecule has 114 valence electrons. The molecule has 1 aromatic carbocycles. The molecule has 0 radical (unpaired) electrons. The monoisotopic (exact) mass is 286 g/mol. The third-order valence-electron chi connectivity index (χ3n) is 3.69. The van der Waals surface area contributed by atoms with E-state index >= 15 is 0 Å². The summed E-state index contributed by atoms with van der Waals surface area (Å²) in [6.45, 7) is 10.6. The third kappa shape index (κ3) is 3.29. The average molecular weight is 286 g/mol. The fourth-order valence-electron chi connectivity index (χ4n) is 2.51. The predicted octanol–water partition coefficient (Wildman–Crippen LogP) is 4.53. The number of hydrogen-bond donors (Lipinski definition) is 1. The molecule has 21 heavy (non-hydrogen) atoms. The molecular formula is C18H26N2O. The van der Waals surface area contributed by atoms with Gasteiger partial charge < -0.3 is 5.11 Å². The molecule has 3 heteroatoms. The molecule has 0 saturated carbocycles. The van der Waals surface area contributed by atoms with E-state index in [9.17, 15) is 5.11 Å². The van der Waals surface area contributed by atoms with Gasteiger partial charge in [-0.25, -0.2) is 4.68 Å². The summed E-state index contributed by atoms with van der Waals surface area (Å²) in [7, 11) is 0. The van der Waals surface area contributed by atoms with Crippen LogP contribution in [-0.4, -0.2) is 14.9 Å². The zero-order valence-electron chi connectivity index (χ0n) is 13.8. The van der Waals surface area contributed by atoms with Crippen molar-refractivity contribution < 1.29 is 5.11 Å². The Morgan fingerprint density at radius 1 is 1.14 bits per heavy atom. The Hall–Kier alpha value is -1.77. The van der Waals surface area contributed by atoms with Crippen LogP contribution in [0.5, 0.6) is 5.75 Å². The summed E-state index contributed by atoms with van der Waals surface area (Å²) in [5, 5.41) is 15.3. The van der Waals surface area contributed by atoms with E-state index in [4.69, 9.17) is 0 Å². The van der Waals surface area contributed by atoms with Crippen molar-refractivity contribution in [2.75, 3.05) is 0 Å². The van der Waals surface area contributed by atoms with Gasteiger partial charge in [-0.1, -0.05) is 51.8 Å². The summed E-state index contributed by atoms with van der Waals surface area (Å²) in [6.07, 6.45) is 2.97. The van der Waals surface area contributed by atoms with Crippen LogP contribution in [0.3, 0.4) is 0 Å². The number of hydrogen-bond acceptors (Lipinski definition) is 2. The molecule has 2 aromatic rings. The van der Waals surface area contributed by atoms with E-state index in [1.54, 1.807) is 0 Å². The van der Waals surface area contributed by atoms with E-state index in [2.05, 4.69) is 64.0 Å². The predicted molar refractivity (Wildman–Crippen MR) is 87.3 cm³/mol. The molecular weight excluding hydrogens is 260 g/mol. The lowest BCUT2D eigenvalue weighted by molar-refractivity contribution is 0.434. The van der Waals surface area contributed by atoms with Crippen LogP contribution in [-0.2, 0) is 11.8 Å². The van der Waals surface area contributed by atoms with Crippen molar-refractivity contribution in [3.8, 4) is 11.4 Å². The first-order valence-electron chi connectivity index (χ1n) is 7.73. The first-order valence-corrected chi connectivity index (χ1v) is 7.73. The summed E-state index contributed by atoms with van der Waals surface area (Å²) in [5.41, 5.74) is 3.76. The summed E-state index contributed by atoms with van der Waals surface area (Å²) in [5.74, 6) is 0.358. The second-order valence-electron chi connectivity index (χ2n) is 6.74. The summed E-state index contributed by atoms with van der Waals surface area (Å²) in [4.78, 5) is 0. The molecule has 0 fully saturated rings. The Kier molecular flexibility index (Phi) is 4.40. The van der Waals surface area contributed by atoms with Crippen molar-refractivity contribution >= 4 is 0 Å². The lowest BCUT2D eigenvalue weighted by atomic mass is 9.90. The molecule has 0 amide bonds. The van der Waals surface area contributed by atoms with Crippen LogP contribution in [0.25, 0.3) is 5.69 Å². The van der Waals surface area contributed by atoms with Gasteiger partial charge in [0.1, 0.15) is 5.69 Å². The molecule has 0 spiro atoms. The lowest BCUT2D eigenvalue weighted by Gasteiger charge is -2.20. The van der Waals surface area contributed by atoms with Crippen LogP contribution >= 0.6 is 0 Å². The SMILES string of the molecule is CCCCc1nn(-c2ccc(C)cc2)c(C(C)(C)C)c1O. The van der Waals surface area contributed by atoms with Crippen LogP contribution in [0.15, 0.2) is 24.3 Å². The topological polar surface area (TPSA) is 38.0 Å².